The summed E-state index contributed by atoms with van der Waals surface area (Å²) in [6.45, 7) is 22.7. The first kappa shape index (κ1) is 66.1. The molecule has 0 N–H and O–H groups in total. The van der Waals surface area contributed by atoms with Crippen molar-refractivity contribution in [3.05, 3.63) is 185 Å². The highest BCUT2D eigenvalue weighted by atomic mass is 32.2. The van der Waals surface area contributed by atoms with Crippen LogP contribution in [0.4, 0.5) is 0 Å². The average Bonchev–Trinajstić information content (AvgIpc) is 3.75. The van der Waals surface area contributed by atoms with Crippen LogP contribution in [0.15, 0.2) is 143 Å². The highest BCUT2D eigenvalue weighted by Gasteiger charge is 2.26. The number of benzene rings is 2. The fourth-order valence-corrected chi connectivity index (χ4v) is 19.2. The van der Waals surface area contributed by atoms with Crippen molar-refractivity contribution in [2.24, 2.45) is 11.8 Å². The van der Waals surface area contributed by atoms with Gasteiger partial charge in [-0.15, -0.1) is 68.9 Å². The Balaban J connectivity index is 0.897. The number of unbranched alkanes of at least 4 members (excludes halogenated alkanes) is 11. The van der Waals surface area contributed by atoms with Crippen molar-refractivity contribution in [1.29, 1.82) is 0 Å². The number of nitrogens with zero attached hydrogens (tertiary/aromatic N) is 2. The van der Waals surface area contributed by atoms with Gasteiger partial charge in [-0.3, -0.25) is 0 Å². The van der Waals surface area contributed by atoms with Crippen LogP contribution < -0.4 is 0 Å². The van der Waals surface area contributed by atoms with Gasteiger partial charge in [0.15, 0.2) is 0 Å². The van der Waals surface area contributed by atoms with Crippen molar-refractivity contribution in [3.8, 4) is 30.6 Å². The van der Waals surface area contributed by atoms with Gasteiger partial charge in [-0.1, -0.05) is 216 Å². The second-order valence-corrected chi connectivity index (χ2v) is 31.8. The average molecular weight is 1270 g/mol. The Morgan fingerprint density at radius 1 is 0.628 bits per heavy atom. The zero-order valence-corrected chi connectivity index (χ0v) is 58.2. The summed E-state index contributed by atoms with van der Waals surface area (Å²) in [5.74, 6) is 1.36. The highest BCUT2D eigenvalue weighted by Crippen LogP contribution is 2.48. The summed E-state index contributed by atoms with van der Waals surface area (Å²) in [5, 5.41) is 3.22. The summed E-state index contributed by atoms with van der Waals surface area (Å²) in [6.07, 6.45) is 49.9. The molecule has 6 heterocycles. The molecule has 1 aliphatic heterocycles. The van der Waals surface area contributed by atoms with E-state index in [0.29, 0.717) is 11.2 Å². The first-order valence-corrected chi connectivity index (χ1v) is 38.5. The predicted octanol–water partition coefficient (Wildman–Crippen LogP) is 27.1. The van der Waals surface area contributed by atoms with E-state index < -0.39 is 0 Å². The molecule has 0 amide bonds. The number of fused-ring (bicyclic) bond motifs is 1. The van der Waals surface area contributed by atoms with Gasteiger partial charge in [-0.2, -0.15) is 8.75 Å². The molecule has 0 spiro atoms. The van der Waals surface area contributed by atoms with Gasteiger partial charge >= 0.3 is 0 Å². The normalized spacial score (nSPS) is 15.8. The molecule has 0 radical (unpaired) electrons. The third kappa shape index (κ3) is 19.3. The van der Waals surface area contributed by atoms with Crippen molar-refractivity contribution in [2.75, 3.05) is 0 Å². The largest absolute Gasteiger partial charge is 0.172 e. The molecule has 2 aromatic carbocycles. The van der Waals surface area contributed by atoms with Crippen LogP contribution >= 0.6 is 80.6 Å². The minimum Gasteiger partial charge on any atom is -0.172 e. The zero-order valence-electron chi connectivity index (χ0n) is 52.4. The number of aromatic nitrogens is 2. The summed E-state index contributed by atoms with van der Waals surface area (Å²) in [6, 6.07) is 27.9. The highest BCUT2D eigenvalue weighted by molar-refractivity contribution is 8.04. The van der Waals surface area contributed by atoms with Crippen LogP contribution in [0.5, 0.6) is 0 Å². The second-order valence-electron chi connectivity index (χ2n) is 24.2. The van der Waals surface area contributed by atoms with Crippen LogP contribution in [-0.2, 0) is 12.8 Å². The second kappa shape index (κ2) is 34.6. The molecule has 1 saturated carbocycles. The number of hydrogen-bond donors (Lipinski definition) is 0. The molecule has 5 aromatic heterocycles. The molecule has 86 heavy (non-hydrogen) atoms. The molecular weight excluding hydrogens is 1180 g/mol. The van der Waals surface area contributed by atoms with Crippen LogP contribution in [0.1, 0.15) is 216 Å². The number of allylic oxidation sites excluding steroid dienone is 8. The lowest BCUT2D eigenvalue weighted by Crippen LogP contribution is -2.07. The zero-order chi connectivity index (χ0) is 60.0. The Morgan fingerprint density at radius 3 is 1.93 bits per heavy atom. The van der Waals surface area contributed by atoms with Crippen LogP contribution in [0.2, 0.25) is 0 Å². The summed E-state index contributed by atoms with van der Waals surface area (Å²) in [7, 11) is 0. The fourth-order valence-electron chi connectivity index (χ4n) is 11.8. The lowest BCUT2D eigenvalue weighted by Gasteiger charge is -2.24. The molecule has 9 heteroatoms. The van der Waals surface area contributed by atoms with E-state index in [9.17, 15) is 0 Å². The molecular formula is C77H94N2S7. The molecule has 3 unspecified atom stereocenters. The fraction of sp³-hybridized carbons (Fsp3) is 0.429. The number of rotatable bonds is 37. The molecule has 2 nitrogen and oxygen atoms in total. The van der Waals surface area contributed by atoms with Crippen molar-refractivity contribution < 1.29 is 0 Å². The Hall–Kier alpha value is -4.32. The minimum atomic E-state index is 0.223. The minimum absolute atomic E-state index is 0.223. The van der Waals surface area contributed by atoms with E-state index in [1.165, 1.54) is 212 Å². The maximum absolute atomic E-state index is 5.00. The van der Waals surface area contributed by atoms with Gasteiger partial charge in [-0.05, 0) is 170 Å². The van der Waals surface area contributed by atoms with Crippen molar-refractivity contribution in [3.63, 3.8) is 0 Å². The topological polar surface area (TPSA) is 25.8 Å². The molecule has 2 aliphatic rings. The lowest BCUT2D eigenvalue weighted by atomic mass is 9.93. The van der Waals surface area contributed by atoms with E-state index in [4.69, 9.17) is 15.3 Å². The van der Waals surface area contributed by atoms with E-state index in [1.807, 2.05) is 63.2 Å². The number of aryl methyl sites for hydroxylation is 3. The Kier molecular flexibility index (Phi) is 26.6. The number of thioether (sulfide) groups is 2. The maximum Gasteiger partial charge on any atom is 0.114 e. The Bertz CT molecular complexity index is 3460. The quantitative estimate of drug-likeness (QED) is 0.0220. The molecule has 7 aromatic rings. The lowest BCUT2D eigenvalue weighted by molar-refractivity contribution is 0.595. The van der Waals surface area contributed by atoms with Crippen LogP contribution in [0.3, 0.4) is 0 Å². The van der Waals surface area contributed by atoms with E-state index in [1.54, 1.807) is 5.57 Å². The Morgan fingerprint density at radius 2 is 1.24 bits per heavy atom. The number of hydrogen-bond acceptors (Lipinski definition) is 9. The van der Waals surface area contributed by atoms with Gasteiger partial charge in [-0.25, -0.2) is 0 Å². The summed E-state index contributed by atoms with van der Waals surface area (Å²) >= 11 is 12.9. The van der Waals surface area contributed by atoms with Crippen molar-refractivity contribution in [2.45, 2.75) is 200 Å². The molecule has 1 fully saturated rings. The third-order valence-corrected chi connectivity index (χ3v) is 25.0. The first-order chi connectivity index (χ1) is 42.1. The van der Waals surface area contributed by atoms with Gasteiger partial charge in [0, 0.05) is 65.5 Å². The molecule has 0 bridgehead atoms. The van der Waals surface area contributed by atoms with E-state index >= 15 is 0 Å². The SMILES string of the molecule is C=C/C=C(\C=C/SC(c1ccc(-c2ccc(-c3ccc(-c4cc(CCCCCC)c(/C=C/c5ccc(/C=C/C6=C(CCCCCC7CC7)CC(C)S6)cc5)s4)s3)c3nsnc23)s1)C(C)C(=C)CCCCCC)/C=C\c1sc(C)cc1CCCCCC. The summed E-state index contributed by atoms with van der Waals surface area (Å²) < 4.78 is 10.00. The molecule has 3 atom stereocenters. The van der Waals surface area contributed by atoms with Crippen LogP contribution in [0, 0.1) is 18.8 Å². The third-order valence-electron chi connectivity index (χ3n) is 17.1. The van der Waals surface area contributed by atoms with Crippen LogP contribution in [-0.4, -0.2) is 14.0 Å². The van der Waals surface area contributed by atoms with E-state index in [2.05, 4.69) is 187 Å². The van der Waals surface area contributed by atoms with Gasteiger partial charge in [0.05, 0.1) is 11.7 Å². The van der Waals surface area contributed by atoms with Crippen LogP contribution in [0.25, 0.3) is 66.0 Å². The van der Waals surface area contributed by atoms with Gasteiger partial charge in [0.2, 0.25) is 0 Å². The smallest absolute Gasteiger partial charge is 0.114 e. The van der Waals surface area contributed by atoms with Crippen molar-refractivity contribution in [1.82, 2.24) is 8.75 Å². The monoisotopic (exact) mass is 1270 g/mol. The molecule has 454 valence electrons. The van der Waals surface area contributed by atoms with Gasteiger partial charge in [0.25, 0.3) is 0 Å². The van der Waals surface area contributed by atoms with Gasteiger partial charge < -0.3 is 0 Å². The first-order valence-electron chi connectivity index (χ1n) is 32.6. The predicted molar refractivity (Wildman–Crippen MR) is 395 cm³/mol. The van der Waals surface area contributed by atoms with Crippen molar-refractivity contribution >= 4 is 116 Å². The Labute approximate surface area is 547 Å². The molecule has 0 saturated heterocycles. The summed E-state index contributed by atoms with van der Waals surface area (Å²) in [5.41, 5.74) is 13.9. The summed E-state index contributed by atoms with van der Waals surface area (Å²) in [4.78, 5) is 12.1. The van der Waals surface area contributed by atoms with E-state index in [0.717, 1.165) is 52.9 Å². The molecule has 1 aliphatic carbocycles. The molecule has 9 rings (SSSR count). The van der Waals surface area contributed by atoms with Gasteiger partial charge in [0.1, 0.15) is 11.0 Å². The maximum atomic E-state index is 5.00. The van der Waals surface area contributed by atoms with E-state index in [-0.39, 0.29) is 5.25 Å². The number of thiophene rings is 4. The standard InChI is InChI=1S/C77H94N2S7/c1-9-13-16-20-26-54(5)57(8)77(80-50-49-58(25-12-4)37-42-67-62(51-55(6)81-67)28-22-17-14-10-2)73-48-46-71(85-73)66-41-40-65(75-76(66)79-86-78-75)70-45-47-72(84-70)74-53-64(30-23-18-15-11-3)69(83-74)44-39-61-35-33-60(34-36-61)38-43-68-63(52-56(7)82-68)29-24-19-21-27-59-31-32-59/h12,25,33-51,53,56-57,59,77H,4-5,9-11,13-24,26-32,52H2,1-3,6-8H3/b42-37-,43-38+,44-39+,50-49-,58-25-.